The van der Waals surface area contributed by atoms with Crippen LogP contribution in [-0.2, 0) is 0 Å². The van der Waals surface area contributed by atoms with Crippen molar-refractivity contribution in [3.05, 3.63) is 47.0 Å². The molecule has 15 heavy (non-hydrogen) atoms. The molecule has 0 saturated carbocycles. The molecule has 0 saturated heterocycles. The Balaban J connectivity index is 0.000000853. The summed E-state index contributed by atoms with van der Waals surface area (Å²) in [6.45, 7) is 0. The van der Waals surface area contributed by atoms with Gasteiger partial charge in [-0.1, -0.05) is 0 Å². The van der Waals surface area contributed by atoms with E-state index in [2.05, 4.69) is 0 Å². The van der Waals surface area contributed by atoms with Gasteiger partial charge in [0.25, 0.3) is 0 Å². The predicted molar refractivity (Wildman–Crippen MR) is 60.2 cm³/mol. The molecule has 4 heteroatoms. The van der Waals surface area contributed by atoms with E-state index in [0.29, 0.717) is 5.58 Å². The van der Waals surface area contributed by atoms with Gasteiger partial charge in [0.2, 0.25) is 0 Å². The summed E-state index contributed by atoms with van der Waals surface area (Å²) < 4.78 is 10.2. The molecule has 0 aliphatic carbocycles. The fraction of sp³-hybridized carbons (Fsp3) is 0. The molecule has 72 valence electrons. The molecule has 0 fully saturated rings. The quantitative estimate of drug-likeness (QED) is 0.438. The maximum atomic E-state index is 11.0. The summed E-state index contributed by atoms with van der Waals surface area (Å²) in [7, 11) is 0. The Morgan fingerprint density at radius 3 is 2.67 bits per heavy atom. The van der Waals surface area contributed by atoms with Crippen molar-refractivity contribution in [2.24, 2.45) is 0 Å². The van der Waals surface area contributed by atoms with Crippen molar-refractivity contribution >= 4 is 59.7 Å². The van der Waals surface area contributed by atoms with Crippen molar-refractivity contribution in [3.63, 3.8) is 0 Å². The minimum Gasteiger partial charge on any atom is -1.00 e. The van der Waals surface area contributed by atoms with Crippen molar-refractivity contribution in [1.29, 1.82) is 0 Å². The summed E-state index contributed by atoms with van der Waals surface area (Å²) in [6, 6.07) is 8.69. The first-order valence-electron chi connectivity index (χ1n) is 4.24. The second kappa shape index (κ2) is 4.00. The van der Waals surface area contributed by atoms with Crippen molar-refractivity contribution in [2.75, 3.05) is 0 Å². The third kappa shape index (κ3) is 1.83. The number of fused-ring (bicyclic) bond motifs is 2. The molecule has 3 rings (SSSR count). The third-order valence-electron chi connectivity index (χ3n) is 2.19. The zero-order valence-corrected chi connectivity index (χ0v) is 10.1. The molecule has 0 aliphatic rings. The van der Waals surface area contributed by atoms with Crippen LogP contribution in [0.1, 0.15) is 2.85 Å². The first kappa shape index (κ1) is 10.7. The molecule has 0 atom stereocenters. The molecule has 0 unspecified atom stereocenters. The van der Waals surface area contributed by atoms with Gasteiger partial charge in [-0.3, -0.25) is 0 Å². The average Bonchev–Trinajstić information content (AvgIpc) is 2.61. The van der Waals surface area contributed by atoms with Crippen LogP contribution in [0.25, 0.3) is 21.9 Å². The summed E-state index contributed by atoms with van der Waals surface area (Å²) in [5.74, 6) is 0. The monoisotopic (exact) mass is 228 g/mol. The second-order valence-electron chi connectivity index (χ2n) is 3.10. The molecule has 0 spiro atoms. The van der Waals surface area contributed by atoms with Crippen LogP contribution in [0, 0.1) is 0 Å². The minimum atomic E-state index is -0.344. The maximum Gasteiger partial charge on any atom is 2.00 e. The average molecular weight is 228 g/mol. The second-order valence-corrected chi connectivity index (χ2v) is 3.10. The molecule has 3 aromatic rings. The molecule has 2 heterocycles. The van der Waals surface area contributed by atoms with Crippen LogP contribution < -0.4 is 5.63 Å². The van der Waals surface area contributed by atoms with E-state index >= 15 is 0 Å². The zero-order chi connectivity index (χ0) is 9.54. The maximum absolute atomic E-state index is 11.0. The van der Waals surface area contributed by atoms with Crippen LogP contribution in [-0.4, -0.2) is 37.7 Å². The standard InChI is InChI=1S/C11H6O3.Ca.2H/c12-11-2-1-7-5-8-3-4-13-9(8)6-10(7)14-11;;;/h1-6H;;;/q;+2;2*-1. The van der Waals surface area contributed by atoms with E-state index in [1.807, 2.05) is 12.1 Å². The zero-order valence-electron chi connectivity index (χ0n) is 9.90. The molecular weight excluding hydrogens is 220 g/mol. The molecule has 2 aromatic heterocycles. The fourth-order valence-corrected chi connectivity index (χ4v) is 1.53. The molecule has 1 aromatic carbocycles. The van der Waals surface area contributed by atoms with Crippen LogP contribution >= 0.6 is 0 Å². The van der Waals surface area contributed by atoms with Crippen molar-refractivity contribution in [3.8, 4) is 0 Å². The molecular formula is C11H8CaO3. The van der Waals surface area contributed by atoms with E-state index in [-0.39, 0.29) is 46.2 Å². The molecule has 0 radical (unpaired) electrons. The van der Waals surface area contributed by atoms with Gasteiger partial charge in [-0.05, 0) is 18.2 Å². The first-order valence-corrected chi connectivity index (χ1v) is 4.24. The number of rotatable bonds is 0. The van der Waals surface area contributed by atoms with Crippen LogP contribution in [0.4, 0.5) is 0 Å². The smallest absolute Gasteiger partial charge is 1.00 e. The fourth-order valence-electron chi connectivity index (χ4n) is 1.53. The number of hydrogen-bond donors (Lipinski definition) is 0. The van der Waals surface area contributed by atoms with Gasteiger partial charge >= 0.3 is 43.4 Å². The van der Waals surface area contributed by atoms with Crippen LogP contribution in [0.5, 0.6) is 0 Å². The topological polar surface area (TPSA) is 43.4 Å². The van der Waals surface area contributed by atoms with Crippen LogP contribution in [0.2, 0.25) is 0 Å². The van der Waals surface area contributed by atoms with E-state index in [9.17, 15) is 4.79 Å². The SMILES string of the molecule is O=c1ccc2cc3ccoc3cc2o1.[Ca+2].[H-].[H-]. The predicted octanol–water partition coefficient (Wildman–Crippen LogP) is 2.38. The van der Waals surface area contributed by atoms with Crippen molar-refractivity contribution < 1.29 is 11.7 Å². The number of hydrogen-bond acceptors (Lipinski definition) is 3. The Morgan fingerprint density at radius 1 is 1.00 bits per heavy atom. The summed E-state index contributed by atoms with van der Waals surface area (Å²) >= 11 is 0. The van der Waals surface area contributed by atoms with Gasteiger partial charge in [-0.2, -0.15) is 0 Å². The van der Waals surface area contributed by atoms with Gasteiger partial charge < -0.3 is 11.7 Å². The third-order valence-corrected chi connectivity index (χ3v) is 2.19. The Morgan fingerprint density at radius 2 is 1.80 bits per heavy atom. The van der Waals surface area contributed by atoms with Crippen molar-refractivity contribution in [1.82, 2.24) is 0 Å². The molecule has 0 N–H and O–H groups in total. The van der Waals surface area contributed by atoms with Gasteiger partial charge in [0.05, 0.1) is 6.26 Å². The van der Waals surface area contributed by atoms with Gasteiger partial charge in [0.15, 0.2) is 0 Å². The van der Waals surface area contributed by atoms with Gasteiger partial charge in [-0.25, -0.2) is 4.79 Å². The Hall–Kier alpha value is -0.770. The normalized spacial score (nSPS) is 10.4. The van der Waals surface area contributed by atoms with Crippen LogP contribution in [0.3, 0.4) is 0 Å². The van der Waals surface area contributed by atoms with Gasteiger partial charge in [0, 0.05) is 22.9 Å². The Labute approximate surface area is 118 Å². The van der Waals surface area contributed by atoms with Crippen LogP contribution in [0.15, 0.2) is 50.2 Å². The largest absolute Gasteiger partial charge is 2.00 e. The van der Waals surface area contributed by atoms with E-state index in [1.165, 1.54) is 6.07 Å². The molecule has 0 aliphatic heterocycles. The number of benzene rings is 1. The van der Waals surface area contributed by atoms with Crippen molar-refractivity contribution in [2.45, 2.75) is 0 Å². The summed E-state index contributed by atoms with van der Waals surface area (Å²) in [4.78, 5) is 11.0. The van der Waals surface area contributed by atoms with E-state index in [0.717, 1.165) is 16.4 Å². The Kier molecular flexibility index (Phi) is 2.87. The van der Waals surface area contributed by atoms with E-state index in [1.54, 1.807) is 18.4 Å². The molecule has 0 bridgehead atoms. The van der Waals surface area contributed by atoms with E-state index < -0.39 is 0 Å². The summed E-state index contributed by atoms with van der Waals surface area (Å²) in [5.41, 5.74) is 0.940. The molecule has 3 nitrogen and oxygen atoms in total. The minimum absolute atomic E-state index is 0. The summed E-state index contributed by atoms with van der Waals surface area (Å²) in [5, 5.41) is 1.91. The van der Waals surface area contributed by atoms with Gasteiger partial charge in [-0.15, -0.1) is 0 Å². The van der Waals surface area contributed by atoms with Gasteiger partial charge in [0.1, 0.15) is 11.2 Å². The van der Waals surface area contributed by atoms with E-state index in [4.69, 9.17) is 8.83 Å². The first-order chi connectivity index (χ1) is 6.83. The number of furan rings is 1. The summed E-state index contributed by atoms with van der Waals surface area (Å²) in [6.07, 6.45) is 1.61. The Bertz CT molecular complexity index is 675. The molecule has 0 amide bonds.